The molecule has 100 valence electrons. The van der Waals surface area contributed by atoms with Crippen LogP contribution in [-0.4, -0.2) is 22.4 Å². The largest absolute Gasteiger partial charge is 0.490 e. The Kier molecular flexibility index (Phi) is 4.25. The molecule has 0 amide bonds. The SMILES string of the molecule is CC[C@H](O)c1ccccc1OCC1(O)CCCC1. The van der Waals surface area contributed by atoms with Gasteiger partial charge in [-0.2, -0.15) is 0 Å². The molecule has 1 aromatic carbocycles. The van der Waals surface area contributed by atoms with Gasteiger partial charge in [-0.1, -0.05) is 38.0 Å². The highest BCUT2D eigenvalue weighted by Crippen LogP contribution is 2.32. The maximum Gasteiger partial charge on any atom is 0.125 e. The molecule has 0 heterocycles. The fourth-order valence-electron chi connectivity index (χ4n) is 2.50. The van der Waals surface area contributed by atoms with Crippen molar-refractivity contribution in [2.24, 2.45) is 0 Å². The Morgan fingerprint density at radius 2 is 1.94 bits per heavy atom. The molecule has 0 radical (unpaired) electrons. The van der Waals surface area contributed by atoms with E-state index in [2.05, 4.69) is 0 Å². The van der Waals surface area contributed by atoms with Gasteiger partial charge in [0.1, 0.15) is 12.4 Å². The molecule has 0 spiro atoms. The number of hydrogen-bond acceptors (Lipinski definition) is 3. The molecule has 1 aliphatic rings. The lowest BCUT2D eigenvalue weighted by Crippen LogP contribution is -2.32. The van der Waals surface area contributed by atoms with Gasteiger partial charge in [0.15, 0.2) is 0 Å². The van der Waals surface area contributed by atoms with E-state index in [0.29, 0.717) is 18.8 Å². The second-order valence-corrected chi connectivity index (χ2v) is 5.18. The molecule has 0 aromatic heterocycles. The van der Waals surface area contributed by atoms with Crippen LogP contribution in [0.15, 0.2) is 24.3 Å². The van der Waals surface area contributed by atoms with Crippen molar-refractivity contribution >= 4 is 0 Å². The van der Waals surface area contributed by atoms with Crippen LogP contribution in [-0.2, 0) is 0 Å². The summed E-state index contributed by atoms with van der Waals surface area (Å²) in [6.45, 7) is 2.26. The van der Waals surface area contributed by atoms with Gasteiger partial charge < -0.3 is 14.9 Å². The molecule has 0 unspecified atom stereocenters. The third-order valence-corrected chi connectivity index (χ3v) is 3.70. The van der Waals surface area contributed by atoms with Crippen LogP contribution in [0.1, 0.15) is 50.7 Å². The molecule has 1 fully saturated rings. The van der Waals surface area contributed by atoms with Crippen molar-refractivity contribution in [2.45, 2.75) is 50.7 Å². The average molecular weight is 250 g/mol. The zero-order chi connectivity index (χ0) is 13.0. The Bertz CT molecular complexity index is 383. The van der Waals surface area contributed by atoms with E-state index in [1.165, 1.54) is 0 Å². The van der Waals surface area contributed by atoms with Crippen LogP contribution in [0.5, 0.6) is 5.75 Å². The molecule has 1 aliphatic carbocycles. The molecule has 2 rings (SSSR count). The fraction of sp³-hybridized carbons (Fsp3) is 0.600. The van der Waals surface area contributed by atoms with Gasteiger partial charge in [-0.15, -0.1) is 0 Å². The van der Waals surface area contributed by atoms with E-state index < -0.39 is 11.7 Å². The lowest BCUT2D eigenvalue weighted by atomic mass is 10.0. The second-order valence-electron chi connectivity index (χ2n) is 5.18. The second kappa shape index (κ2) is 5.72. The van der Waals surface area contributed by atoms with Crippen LogP contribution in [0, 0.1) is 0 Å². The highest BCUT2D eigenvalue weighted by atomic mass is 16.5. The summed E-state index contributed by atoms with van der Waals surface area (Å²) in [4.78, 5) is 0. The Labute approximate surface area is 108 Å². The summed E-state index contributed by atoms with van der Waals surface area (Å²) in [5.41, 5.74) is 0.131. The maximum atomic E-state index is 10.3. The summed E-state index contributed by atoms with van der Waals surface area (Å²) in [6.07, 6.45) is 3.92. The first-order valence-corrected chi connectivity index (χ1v) is 6.77. The summed E-state index contributed by atoms with van der Waals surface area (Å²) in [5.74, 6) is 0.687. The smallest absolute Gasteiger partial charge is 0.125 e. The molecular formula is C15H22O3. The number of hydrogen-bond donors (Lipinski definition) is 2. The number of para-hydroxylation sites is 1. The third kappa shape index (κ3) is 3.03. The van der Waals surface area contributed by atoms with E-state index in [0.717, 1.165) is 31.2 Å². The van der Waals surface area contributed by atoms with Gasteiger partial charge in [-0.25, -0.2) is 0 Å². The van der Waals surface area contributed by atoms with Crippen molar-refractivity contribution < 1.29 is 14.9 Å². The van der Waals surface area contributed by atoms with Crippen molar-refractivity contribution in [1.82, 2.24) is 0 Å². The Balaban J connectivity index is 2.04. The van der Waals surface area contributed by atoms with E-state index in [1.54, 1.807) is 0 Å². The highest BCUT2D eigenvalue weighted by Gasteiger charge is 2.32. The van der Waals surface area contributed by atoms with Crippen LogP contribution < -0.4 is 4.74 Å². The number of ether oxygens (including phenoxy) is 1. The van der Waals surface area contributed by atoms with Crippen LogP contribution in [0.2, 0.25) is 0 Å². The third-order valence-electron chi connectivity index (χ3n) is 3.70. The molecule has 18 heavy (non-hydrogen) atoms. The Morgan fingerprint density at radius 1 is 1.28 bits per heavy atom. The fourth-order valence-corrected chi connectivity index (χ4v) is 2.50. The monoisotopic (exact) mass is 250 g/mol. The first-order valence-electron chi connectivity index (χ1n) is 6.77. The molecule has 1 aromatic rings. The summed E-state index contributed by atoms with van der Waals surface area (Å²) in [6, 6.07) is 7.51. The first-order chi connectivity index (χ1) is 8.64. The van der Waals surface area contributed by atoms with Crippen LogP contribution >= 0.6 is 0 Å². The quantitative estimate of drug-likeness (QED) is 0.845. The number of aliphatic hydroxyl groups excluding tert-OH is 1. The lowest BCUT2D eigenvalue weighted by Gasteiger charge is -2.23. The summed E-state index contributed by atoms with van der Waals surface area (Å²) < 4.78 is 5.74. The first kappa shape index (κ1) is 13.4. The molecule has 2 N–H and O–H groups in total. The Morgan fingerprint density at radius 3 is 2.61 bits per heavy atom. The van der Waals surface area contributed by atoms with Crippen molar-refractivity contribution in [1.29, 1.82) is 0 Å². The van der Waals surface area contributed by atoms with E-state index >= 15 is 0 Å². The van der Waals surface area contributed by atoms with Gasteiger partial charge in [-0.3, -0.25) is 0 Å². The number of benzene rings is 1. The molecule has 0 aliphatic heterocycles. The summed E-state index contributed by atoms with van der Waals surface area (Å²) in [7, 11) is 0. The number of rotatable bonds is 5. The van der Waals surface area contributed by atoms with Crippen molar-refractivity contribution in [3.63, 3.8) is 0 Å². The van der Waals surface area contributed by atoms with Gasteiger partial charge in [-0.05, 0) is 25.3 Å². The van der Waals surface area contributed by atoms with Crippen LogP contribution in [0.4, 0.5) is 0 Å². The molecular weight excluding hydrogens is 228 g/mol. The van der Waals surface area contributed by atoms with E-state index in [-0.39, 0.29) is 0 Å². The van der Waals surface area contributed by atoms with Gasteiger partial charge in [0.2, 0.25) is 0 Å². The molecule has 1 atom stereocenters. The van der Waals surface area contributed by atoms with E-state index in [4.69, 9.17) is 4.74 Å². The van der Waals surface area contributed by atoms with Crippen molar-refractivity contribution in [2.75, 3.05) is 6.61 Å². The molecule has 0 bridgehead atoms. The predicted molar refractivity (Wildman–Crippen MR) is 70.6 cm³/mol. The van der Waals surface area contributed by atoms with E-state index in [9.17, 15) is 10.2 Å². The molecule has 1 saturated carbocycles. The van der Waals surface area contributed by atoms with Gasteiger partial charge in [0.05, 0.1) is 11.7 Å². The minimum absolute atomic E-state index is 0.320. The minimum atomic E-state index is -0.676. The summed E-state index contributed by atoms with van der Waals surface area (Å²) >= 11 is 0. The topological polar surface area (TPSA) is 49.7 Å². The molecule has 3 nitrogen and oxygen atoms in total. The van der Waals surface area contributed by atoms with Gasteiger partial charge in [0, 0.05) is 5.56 Å². The molecule has 0 saturated heterocycles. The maximum absolute atomic E-state index is 10.3. The Hall–Kier alpha value is -1.06. The zero-order valence-corrected chi connectivity index (χ0v) is 10.9. The van der Waals surface area contributed by atoms with Crippen LogP contribution in [0.3, 0.4) is 0 Å². The number of aliphatic hydroxyl groups is 2. The highest BCUT2D eigenvalue weighted by molar-refractivity contribution is 5.35. The van der Waals surface area contributed by atoms with Gasteiger partial charge >= 0.3 is 0 Å². The van der Waals surface area contributed by atoms with Crippen molar-refractivity contribution in [3.05, 3.63) is 29.8 Å². The average Bonchev–Trinajstić information content (AvgIpc) is 2.83. The standard InChI is InChI=1S/C15H22O3/c1-2-13(16)12-7-3-4-8-14(12)18-11-15(17)9-5-6-10-15/h3-4,7-8,13,16-17H,2,5-6,9-11H2,1H3/t13-/m0/s1. The normalized spacial score (nSPS) is 19.7. The van der Waals surface area contributed by atoms with E-state index in [1.807, 2.05) is 31.2 Å². The van der Waals surface area contributed by atoms with Crippen LogP contribution in [0.25, 0.3) is 0 Å². The van der Waals surface area contributed by atoms with Crippen molar-refractivity contribution in [3.8, 4) is 5.75 Å². The van der Waals surface area contributed by atoms with Gasteiger partial charge in [0.25, 0.3) is 0 Å². The zero-order valence-electron chi connectivity index (χ0n) is 10.9. The summed E-state index contributed by atoms with van der Waals surface area (Å²) in [5, 5.41) is 20.2. The molecule has 3 heteroatoms. The minimum Gasteiger partial charge on any atom is -0.490 e. The lowest BCUT2D eigenvalue weighted by molar-refractivity contribution is 0.000339. The predicted octanol–water partition coefficient (Wildman–Crippen LogP) is 2.81.